The van der Waals surface area contributed by atoms with Crippen LogP contribution in [0.5, 0.6) is 0 Å². The lowest BCUT2D eigenvalue weighted by molar-refractivity contribution is -0.137. The molecule has 0 fully saturated rings. The summed E-state index contributed by atoms with van der Waals surface area (Å²) in [6, 6.07) is 0. The number of esters is 1. The Morgan fingerprint density at radius 1 is 1.50 bits per heavy atom. The van der Waals surface area contributed by atoms with E-state index < -0.39 is 10.0 Å². The minimum Gasteiger partial charge on any atom is -0.785 e. The van der Waals surface area contributed by atoms with Crippen LogP contribution in [0.4, 0.5) is 0 Å². The zero-order valence-electron chi connectivity index (χ0n) is 10.4. The van der Waals surface area contributed by atoms with E-state index in [1.54, 1.807) is 0 Å². The van der Waals surface area contributed by atoms with Gasteiger partial charge in [0, 0.05) is 11.8 Å². The van der Waals surface area contributed by atoms with E-state index in [-0.39, 0.29) is 5.97 Å². The van der Waals surface area contributed by atoms with E-state index in [1.807, 2.05) is 0 Å². The Balaban J connectivity index is 3.69. The molecule has 0 saturated heterocycles. The standard InChI is InChI=1S/C11H22NO3S/c1-5-11(13)15-8-10-16(3,4)9-6-7-12(2)14/h5H,1,6-10H2,2-4H3/q-1. The molecule has 5 heteroatoms. The largest absolute Gasteiger partial charge is 0.785 e. The third-order valence-electron chi connectivity index (χ3n) is 2.22. The number of rotatable bonds is 8. The maximum atomic E-state index is 10.8. The number of hydrogen-bond acceptors (Lipinski definition) is 4. The number of hydrogen-bond donors (Lipinski definition) is 0. The van der Waals surface area contributed by atoms with Crippen LogP contribution >= 0.6 is 10.0 Å². The van der Waals surface area contributed by atoms with Crippen molar-refractivity contribution in [3.8, 4) is 0 Å². The van der Waals surface area contributed by atoms with E-state index in [4.69, 9.17) is 4.74 Å². The molecule has 0 aliphatic carbocycles. The zero-order chi connectivity index (χ0) is 12.6. The molecule has 4 nitrogen and oxygen atoms in total. The van der Waals surface area contributed by atoms with E-state index in [0.717, 1.165) is 23.0 Å². The SMILES string of the molecule is C=CC(=O)OCCS(C)(C)CCCN(C)[O-]. The molecule has 0 aliphatic rings. The van der Waals surface area contributed by atoms with Crippen LogP contribution < -0.4 is 0 Å². The van der Waals surface area contributed by atoms with Crippen LogP contribution in [-0.2, 0) is 9.53 Å². The number of nitrogens with zero attached hydrogens (tertiary/aromatic N) is 1. The summed E-state index contributed by atoms with van der Waals surface area (Å²) in [4.78, 5) is 10.8. The zero-order valence-corrected chi connectivity index (χ0v) is 11.2. The molecule has 0 N–H and O–H groups in total. The topological polar surface area (TPSA) is 52.6 Å². The lowest BCUT2D eigenvalue weighted by Gasteiger charge is -2.32. The predicted octanol–water partition coefficient (Wildman–Crippen LogP) is 1.60. The average Bonchev–Trinajstić information content (AvgIpc) is 2.16. The van der Waals surface area contributed by atoms with Gasteiger partial charge in [-0.25, -0.2) is 14.8 Å². The molecule has 0 aliphatic heterocycles. The highest BCUT2D eigenvalue weighted by atomic mass is 32.3. The average molecular weight is 248 g/mol. The summed E-state index contributed by atoms with van der Waals surface area (Å²) in [5.74, 6) is 1.55. The molecule has 0 aromatic heterocycles. The highest BCUT2D eigenvalue weighted by Gasteiger charge is 2.11. The summed E-state index contributed by atoms with van der Waals surface area (Å²) in [5.41, 5.74) is 0. The van der Waals surface area contributed by atoms with Crippen molar-refractivity contribution in [1.82, 2.24) is 5.06 Å². The molecule has 96 valence electrons. The molecule has 0 aromatic carbocycles. The predicted molar refractivity (Wildman–Crippen MR) is 70.9 cm³/mol. The first-order valence-electron chi connectivity index (χ1n) is 5.23. The first kappa shape index (κ1) is 15.5. The van der Waals surface area contributed by atoms with Crippen LogP contribution in [-0.4, -0.2) is 55.2 Å². The molecule has 0 rings (SSSR count). The smallest absolute Gasteiger partial charge is 0.330 e. The molecule has 16 heavy (non-hydrogen) atoms. The molecular weight excluding hydrogens is 226 g/mol. The van der Waals surface area contributed by atoms with Gasteiger partial charge in [0.25, 0.3) is 0 Å². The summed E-state index contributed by atoms with van der Waals surface area (Å²) in [6.45, 7) is 4.35. The van der Waals surface area contributed by atoms with Crippen molar-refractivity contribution in [2.75, 3.05) is 44.2 Å². The second kappa shape index (κ2) is 7.70. The molecule has 0 saturated carbocycles. The molecule has 0 heterocycles. The number of carbonyl (C=O) groups excluding carboxylic acids is 1. The van der Waals surface area contributed by atoms with Crippen molar-refractivity contribution in [1.29, 1.82) is 0 Å². The van der Waals surface area contributed by atoms with Crippen molar-refractivity contribution < 1.29 is 9.53 Å². The van der Waals surface area contributed by atoms with Gasteiger partial charge < -0.3 is 15.0 Å². The Kier molecular flexibility index (Phi) is 7.45. The van der Waals surface area contributed by atoms with Gasteiger partial charge in [0.15, 0.2) is 0 Å². The highest BCUT2D eigenvalue weighted by Crippen LogP contribution is 2.39. The van der Waals surface area contributed by atoms with E-state index >= 15 is 0 Å². The van der Waals surface area contributed by atoms with E-state index in [9.17, 15) is 10.0 Å². The van der Waals surface area contributed by atoms with Gasteiger partial charge in [0.05, 0.1) is 6.61 Å². The summed E-state index contributed by atoms with van der Waals surface area (Å²) < 4.78 is 4.95. The molecule has 0 radical (unpaired) electrons. The summed E-state index contributed by atoms with van der Waals surface area (Å²) in [6.07, 6.45) is 6.46. The van der Waals surface area contributed by atoms with E-state index in [2.05, 4.69) is 19.1 Å². The van der Waals surface area contributed by atoms with Crippen molar-refractivity contribution in [2.45, 2.75) is 6.42 Å². The fraction of sp³-hybridized carbons (Fsp3) is 0.727. The van der Waals surface area contributed by atoms with Gasteiger partial charge in [-0.15, -0.1) is 0 Å². The Labute approximate surface area is 99.5 Å². The quantitative estimate of drug-likeness (QED) is 0.372. The Morgan fingerprint density at radius 2 is 2.12 bits per heavy atom. The first-order valence-corrected chi connectivity index (χ1v) is 8.02. The van der Waals surface area contributed by atoms with E-state index in [1.165, 1.54) is 13.1 Å². The lowest BCUT2D eigenvalue weighted by atomic mass is 10.5. The van der Waals surface area contributed by atoms with Gasteiger partial charge >= 0.3 is 5.97 Å². The number of hydroxylamine groups is 2. The van der Waals surface area contributed by atoms with Gasteiger partial charge in [-0.1, -0.05) is 6.58 Å². The summed E-state index contributed by atoms with van der Waals surface area (Å²) in [7, 11) is 0.778. The molecular formula is C11H22NO3S-. The van der Waals surface area contributed by atoms with Crippen LogP contribution in [0.2, 0.25) is 0 Å². The van der Waals surface area contributed by atoms with E-state index in [0.29, 0.717) is 13.2 Å². The fourth-order valence-electron chi connectivity index (χ4n) is 1.21. The Bertz CT molecular complexity index is 229. The molecule has 0 unspecified atom stereocenters. The van der Waals surface area contributed by atoms with Crippen molar-refractivity contribution in [3.05, 3.63) is 17.9 Å². The molecule has 0 spiro atoms. The maximum Gasteiger partial charge on any atom is 0.330 e. The molecule has 0 bridgehead atoms. The summed E-state index contributed by atoms with van der Waals surface area (Å²) >= 11 is 0. The highest BCUT2D eigenvalue weighted by molar-refractivity contribution is 8.32. The van der Waals surface area contributed by atoms with Crippen molar-refractivity contribution in [3.63, 3.8) is 0 Å². The van der Waals surface area contributed by atoms with Crippen LogP contribution in [0.3, 0.4) is 0 Å². The molecule has 0 atom stereocenters. The lowest BCUT2D eigenvalue weighted by Crippen LogP contribution is -2.17. The second-order valence-electron chi connectivity index (χ2n) is 4.25. The summed E-state index contributed by atoms with van der Waals surface area (Å²) in [5, 5.41) is 11.7. The minimum atomic E-state index is -0.758. The van der Waals surface area contributed by atoms with Crippen LogP contribution in [0.1, 0.15) is 6.42 Å². The minimum absolute atomic E-state index is 0.366. The normalized spacial score (nSPS) is 12.6. The van der Waals surface area contributed by atoms with Gasteiger partial charge in [-0.3, -0.25) is 0 Å². The number of ether oxygens (including phenoxy) is 1. The molecule has 0 aromatic rings. The van der Waals surface area contributed by atoms with Gasteiger partial charge in [0.1, 0.15) is 0 Å². The number of carbonyl (C=O) groups is 1. The van der Waals surface area contributed by atoms with Crippen LogP contribution in [0.15, 0.2) is 12.7 Å². The van der Waals surface area contributed by atoms with Crippen LogP contribution in [0, 0.1) is 5.21 Å². The Hall–Kier alpha value is -0.520. The Morgan fingerprint density at radius 3 is 2.62 bits per heavy atom. The first-order chi connectivity index (χ1) is 7.37. The fourth-order valence-corrected chi connectivity index (χ4v) is 2.86. The second-order valence-corrected chi connectivity index (χ2v) is 8.60. The van der Waals surface area contributed by atoms with Gasteiger partial charge in [-0.05, 0) is 38.3 Å². The molecule has 0 amide bonds. The van der Waals surface area contributed by atoms with Gasteiger partial charge in [0.2, 0.25) is 0 Å². The monoisotopic (exact) mass is 248 g/mol. The van der Waals surface area contributed by atoms with Crippen molar-refractivity contribution >= 4 is 16.0 Å². The third kappa shape index (κ3) is 8.76. The third-order valence-corrected chi connectivity index (χ3v) is 4.88. The van der Waals surface area contributed by atoms with Crippen molar-refractivity contribution in [2.24, 2.45) is 0 Å². The maximum absolute atomic E-state index is 10.8. The van der Waals surface area contributed by atoms with Gasteiger partial charge in [-0.2, -0.15) is 0 Å². The van der Waals surface area contributed by atoms with Crippen LogP contribution in [0.25, 0.3) is 0 Å².